The molecular formula is C14H25N3. The van der Waals surface area contributed by atoms with Gasteiger partial charge in [-0.05, 0) is 50.3 Å². The van der Waals surface area contributed by atoms with Crippen molar-refractivity contribution in [1.29, 1.82) is 0 Å². The number of hydrogen-bond donors (Lipinski definition) is 2. The average molecular weight is 235 g/mol. The Bertz CT molecular complexity index is 336. The van der Waals surface area contributed by atoms with Crippen LogP contribution in [0.4, 0.5) is 5.82 Å². The first-order valence-corrected chi connectivity index (χ1v) is 6.61. The van der Waals surface area contributed by atoms with Crippen LogP contribution in [-0.4, -0.2) is 17.6 Å². The third-order valence-corrected chi connectivity index (χ3v) is 3.08. The van der Waals surface area contributed by atoms with Crippen molar-refractivity contribution in [3.8, 4) is 0 Å². The summed E-state index contributed by atoms with van der Waals surface area (Å²) in [5.41, 5.74) is 8.25. The van der Waals surface area contributed by atoms with Crippen LogP contribution in [0.3, 0.4) is 0 Å². The molecule has 3 N–H and O–H groups in total. The number of pyridine rings is 1. The molecule has 3 nitrogen and oxygen atoms in total. The zero-order valence-corrected chi connectivity index (χ0v) is 11.3. The monoisotopic (exact) mass is 235 g/mol. The highest BCUT2D eigenvalue weighted by Crippen LogP contribution is 2.14. The molecule has 1 rings (SSSR count). The van der Waals surface area contributed by atoms with Gasteiger partial charge in [0.1, 0.15) is 5.82 Å². The topological polar surface area (TPSA) is 50.9 Å². The van der Waals surface area contributed by atoms with E-state index in [1.807, 2.05) is 6.20 Å². The van der Waals surface area contributed by atoms with Gasteiger partial charge in [-0.2, -0.15) is 0 Å². The van der Waals surface area contributed by atoms with E-state index in [9.17, 15) is 0 Å². The van der Waals surface area contributed by atoms with Crippen molar-refractivity contribution < 1.29 is 0 Å². The standard InChI is InChI=1S/C14H25N3/c1-4-8-16-13(5-2)7-6-12-9-11(3)10-17-14(12)15/h9-10,13,16H,4-8H2,1-3H3,(H2,15,17). The number of rotatable bonds is 7. The molecular weight excluding hydrogens is 210 g/mol. The Hall–Kier alpha value is -1.09. The first kappa shape index (κ1) is 14.0. The second-order valence-corrected chi connectivity index (χ2v) is 4.66. The quantitative estimate of drug-likeness (QED) is 0.764. The molecule has 0 aliphatic rings. The predicted molar refractivity (Wildman–Crippen MR) is 74.1 cm³/mol. The number of aromatic nitrogens is 1. The Morgan fingerprint density at radius 2 is 2.18 bits per heavy atom. The highest BCUT2D eigenvalue weighted by Gasteiger charge is 2.07. The largest absolute Gasteiger partial charge is 0.383 e. The van der Waals surface area contributed by atoms with Crippen LogP contribution >= 0.6 is 0 Å². The molecule has 0 aliphatic carbocycles. The van der Waals surface area contributed by atoms with Gasteiger partial charge < -0.3 is 11.1 Å². The van der Waals surface area contributed by atoms with Crippen molar-refractivity contribution in [2.24, 2.45) is 0 Å². The molecule has 0 aromatic carbocycles. The molecule has 96 valence electrons. The van der Waals surface area contributed by atoms with Crippen LogP contribution in [0.1, 0.15) is 44.2 Å². The molecule has 1 heterocycles. The van der Waals surface area contributed by atoms with Gasteiger partial charge in [0.25, 0.3) is 0 Å². The third kappa shape index (κ3) is 4.73. The summed E-state index contributed by atoms with van der Waals surface area (Å²) in [5.74, 6) is 0.681. The van der Waals surface area contributed by atoms with Gasteiger partial charge in [-0.3, -0.25) is 0 Å². The lowest BCUT2D eigenvalue weighted by atomic mass is 10.0. The van der Waals surface area contributed by atoms with Crippen LogP contribution < -0.4 is 11.1 Å². The van der Waals surface area contributed by atoms with E-state index in [1.54, 1.807) is 0 Å². The lowest BCUT2D eigenvalue weighted by Gasteiger charge is -2.16. The van der Waals surface area contributed by atoms with Gasteiger partial charge in [0.2, 0.25) is 0 Å². The maximum absolute atomic E-state index is 5.89. The van der Waals surface area contributed by atoms with E-state index in [2.05, 4.69) is 37.1 Å². The van der Waals surface area contributed by atoms with Crippen molar-refractivity contribution in [2.75, 3.05) is 12.3 Å². The lowest BCUT2D eigenvalue weighted by Crippen LogP contribution is -2.29. The summed E-state index contributed by atoms with van der Waals surface area (Å²) < 4.78 is 0. The van der Waals surface area contributed by atoms with Gasteiger partial charge in [-0.15, -0.1) is 0 Å². The maximum Gasteiger partial charge on any atom is 0.126 e. The molecule has 0 amide bonds. The fraction of sp³-hybridized carbons (Fsp3) is 0.643. The minimum Gasteiger partial charge on any atom is -0.383 e. The Morgan fingerprint density at radius 3 is 2.82 bits per heavy atom. The zero-order valence-electron chi connectivity index (χ0n) is 11.3. The SMILES string of the molecule is CCCNC(CC)CCc1cc(C)cnc1N. The number of nitrogens with two attached hydrogens (primary N) is 1. The second-order valence-electron chi connectivity index (χ2n) is 4.66. The Balaban J connectivity index is 2.50. The molecule has 0 fully saturated rings. The van der Waals surface area contributed by atoms with Gasteiger partial charge in [-0.25, -0.2) is 4.98 Å². The minimum atomic E-state index is 0.592. The maximum atomic E-state index is 5.89. The van der Waals surface area contributed by atoms with Crippen molar-refractivity contribution in [3.63, 3.8) is 0 Å². The highest BCUT2D eigenvalue weighted by molar-refractivity contribution is 5.40. The second kappa shape index (κ2) is 7.28. The summed E-state index contributed by atoms with van der Waals surface area (Å²) in [5, 5.41) is 3.56. The van der Waals surface area contributed by atoms with E-state index in [4.69, 9.17) is 5.73 Å². The minimum absolute atomic E-state index is 0.592. The van der Waals surface area contributed by atoms with Gasteiger partial charge in [0.05, 0.1) is 0 Å². The summed E-state index contributed by atoms with van der Waals surface area (Å²) in [6.07, 6.45) is 6.32. The smallest absolute Gasteiger partial charge is 0.126 e. The molecule has 0 radical (unpaired) electrons. The van der Waals surface area contributed by atoms with Gasteiger partial charge in [0, 0.05) is 12.2 Å². The first-order chi connectivity index (χ1) is 8.17. The van der Waals surface area contributed by atoms with Crippen molar-refractivity contribution in [3.05, 3.63) is 23.4 Å². The van der Waals surface area contributed by atoms with E-state index in [-0.39, 0.29) is 0 Å². The molecule has 1 aromatic rings. The molecule has 17 heavy (non-hydrogen) atoms. The van der Waals surface area contributed by atoms with Crippen LogP contribution in [-0.2, 0) is 6.42 Å². The lowest BCUT2D eigenvalue weighted by molar-refractivity contribution is 0.468. The van der Waals surface area contributed by atoms with E-state index in [1.165, 1.54) is 24.0 Å². The Kier molecular flexibility index (Phi) is 5.98. The molecule has 0 spiro atoms. The predicted octanol–water partition coefficient (Wildman–Crippen LogP) is 2.68. The average Bonchev–Trinajstić information content (AvgIpc) is 2.33. The number of nitrogens with zero attached hydrogens (tertiary/aromatic N) is 1. The Morgan fingerprint density at radius 1 is 1.41 bits per heavy atom. The summed E-state index contributed by atoms with van der Waals surface area (Å²) in [6.45, 7) is 7.58. The van der Waals surface area contributed by atoms with Crippen molar-refractivity contribution in [2.45, 2.75) is 52.5 Å². The van der Waals surface area contributed by atoms with Gasteiger partial charge in [-0.1, -0.05) is 19.9 Å². The normalized spacial score (nSPS) is 12.6. The molecule has 0 saturated carbocycles. The molecule has 1 unspecified atom stereocenters. The van der Waals surface area contributed by atoms with Crippen LogP contribution in [0.5, 0.6) is 0 Å². The highest BCUT2D eigenvalue weighted by atomic mass is 14.9. The van der Waals surface area contributed by atoms with Crippen LogP contribution in [0.2, 0.25) is 0 Å². The fourth-order valence-electron chi connectivity index (χ4n) is 1.97. The Labute approximate surface area is 105 Å². The van der Waals surface area contributed by atoms with E-state index in [0.717, 1.165) is 19.4 Å². The van der Waals surface area contributed by atoms with Crippen molar-refractivity contribution in [1.82, 2.24) is 10.3 Å². The zero-order chi connectivity index (χ0) is 12.7. The third-order valence-electron chi connectivity index (χ3n) is 3.08. The number of nitrogens with one attached hydrogen (secondary N) is 1. The molecule has 1 aromatic heterocycles. The van der Waals surface area contributed by atoms with Gasteiger partial charge >= 0.3 is 0 Å². The molecule has 0 saturated heterocycles. The van der Waals surface area contributed by atoms with Crippen molar-refractivity contribution >= 4 is 5.82 Å². The molecule has 3 heteroatoms. The van der Waals surface area contributed by atoms with Crippen LogP contribution in [0, 0.1) is 6.92 Å². The van der Waals surface area contributed by atoms with E-state index < -0.39 is 0 Å². The van der Waals surface area contributed by atoms with Gasteiger partial charge in [0.15, 0.2) is 0 Å². The number of hydrogen-bond acceptors (Lipinski definition) is 3. The molecule has 0 bridgehead atoms. The number of nitrogen functional groups attached to an aromatic ring is 1. The van der Waals surface area contributed by atoms with Crippen LogP contribution in [0.25, 0.3) is 0 Å². The van der Waals surface area contributed by atoms with E-state index in [0.29, 0.717) is 11.9 Å². The summed E-state index contributed by atoms with van der Waals surface area (Å²) in [4.78, 5) is 4.20. The first-order valence-electron chi connectivity index (χ1n) is 6.61. The summed E-state index contributed by atoms with van der Waals surface area (Å²) in [7, 11) is 0. The number of anilines is 1. The fourth-order valence-corrected chi connectivity index (χ4v) is 1.97. The summed E-state index contributed by atoms with van der Waals surface area (Å²) >= 11 is 0. The van der Waals surface area contributed by atoms with E-state index >= 15 is 0 Å². The number of aryl methyl sites for hydroxylation is 2. The molecule has 1 atom stereocenters. The van der Waals surface area contributed by atoms with Crippen LogP contribution in [0.15, 0.2) is 12.3 Å². The molecule has 0 aliphatic heterocycles. The summed E-state index contributed by atoms with van der Waals surface area (Å²) in [6, 6.07) is 2.74.